The molecule has 0 aliphatic heterocycles. The first kappa shape index (κ1) is 43.0. The summed E-state index contributed by atoms with van der Waals surface area (Å²) in [6.45, 7) is 0. The summed E-state index contributed by atoms with van der Waals surface area (Å²) < 4.78 is 9.72. The Labute approximate surface area is 395 Å². The van der Waals surface area contributed by atoms with Gasteiger partial charge < -0.3 is 8.98 Å². The standard InChI is InChI=1S/C45H43B15N4O/c46-18-10-17(45-62-43(14-5-2-1-3-6-14)61-44(63-45)16-8-4-7-15(9-16)25-34(56)36(58)38(60)37(59)35(25)57)41-28(32(18)54)29-33(55)24(13-23(51)42(29)65-41)64-39-21(49)11-19(47)30(52)26(39)27-31(53)20(48)12-22(50)40(27)64/h1-13H,46-60H2. The van der Waals surface area contributed by atoms with Crippen LogP contribution in [0.3, 0.4) is 0 Å². The van der Waals surface area contributed by atoms with Crippen LogP contribution in [0.1, 0.15) is 0 Å². The van der Waals surface area contributed by atoms with Crippen LogP contribution in [0.5, 0.6) is 0 Å². The monoisotopic (exact) mass is 820 g/mol. The van der Waals surface area contributed by atoms with E-state index in [0.29, 0.717) is 17.5 Å². The fourth-order valence-corrected chi connectivity index (χ4v) is 10.9. The fourth-order valence-electron chi connectivity index (χ4n) is 10.9. The van der Waals surface area contributed by atoms with E-state index in [1.165, 1.54) is 104 Å². The molecule has 0 aliphatic rings. The zero-order chi connectivity index (χ0) is 46.1. The summed E-state index contributed by atoms with van der Waals surface area (Å²) in [5, 5.41) is 4.94. The van der Waals surface area contributed by atoms with Crippen LogP contribution in [0, 0.1) is 0 Å². The normalized spacial score (nSPS) is 11.7. The van der Waals surface area contributed by atoms with Crippen molar-refractivity contribution < 1.29 is 4.42 Å². The van der Waals surface area contributed by atoms with Crippen molar-refractivity contribution in [3.05, 3.63) is 78.9 Å². The van der Waals surface area contributed by atoms with Crippen molar-refractivity contribution in [1.82, 2.24) is 19.5 Å². The van der Waals surface area contributed by atoms with Crippen molar-refractivity contribution >= 4 is 243 Å². The van der Waals surface area contributed by atoms with Gasteiger partial charge in [0.25, 0.3) is 0 Å². The van der Waals surface area contributed by atoms with E-state index in [1.54, 1.807) is 0 Å². The first-order chi connectivity index (χ1) is 31.0. The van der Waals surface area contributed by atoms with Gasteiger partial charge in [-0.05, 0) is 39.5 Å². The maximum Gasteiger partial charge on any atom is 0.167 e. The van der Waals surface area contributed by atoms with E-state index in [-0.39, 0.29) is 0 Å². The van der Waals surface area contributed by atoms with Crippen molar-refractivity contribution in [1.29, 1.82) is 0 Å². The summed E-state index contributed by atoms with van der Waals surface area (Å²) in [4.78, 5) is 15.8. The molecule has 0 saturated heterocycles. The van der Waals surface area contributed by atoms with Crippen LogP contribution < -0.4 is 81.9 Å². The molecule has 65 heavy (non-hydrogen) atoms. The molecular formula is C45H43B15N4O. The number of furan rings is 1. The van der Waals surface area contributed by atoms with Crippen LogP contribution in [0.15, 0.2) is 83.3 Å². The quantitative estimate of drug-likeness (QED) is 0.162. The average molecular weight is 818 g/mol. The second-order valence-corrected chi connectivity index (χ2v) is 19.0. The lowest BCUT2D eigenvalue weighted by Crippen LogP contribution is -2.55. The molecule has 7 aromatic carbocycles. The number of benzene rings is 7. The van der Waals surface area contributed by atoms with Gasteiger partial charge >= 0.3 is 0 Å². The summed E-state index contributed by atoms with van der Waals surface area (Å²) in [6.07, 6.45) is 0. The Morgan fingerprint density at radius 1 is 0.354 bits per heavy atom. The Kier molecular flexibility index (Phi) is 10.4. The average Bonchev–Trinajstić information content (AvgIpc) is 3.89. The first-order valence-electron chi connectivity index (χ1n) is 23.0. The predicted molar refractivity (Wildman–Crippen MR) is 326 cm³/mol. The lowest BCUT2D eigenvalue weighted by atomic mass is 9.59. The first-order valence-corrected chi connectivity index (χ1v) is 23.0. The highest BCUT2D eigenvalue weighted by atomic mass is 16.3. The number of rotatable bonds is 5. The van der Waals surface area contributed by atoms with Crippen molar-refractivity contribution in [3.63, 3.8) is 0 Å². The highest BCUT2D eigenvalue weighted by Crippen LogP contribution is 2.35. The third kappa shape index (κ3) is 6.48. The Morgan fingerprint density at radius 3 is 1.43 bits per heavy atom. The fraction of sp³-hybridized carbons (Fsp3) is 0. The lowest BCUT2D eigenvalue weighted by Gasteiger charge is -2.20. The van der Waals surface area contributed by atoms with Crippen molar-refractivity contribution in [3.8, 4) is 51.0 Å². The number of fused-ring (bicyclic) bond motifs is 6. The second kappa shape index (κ2) is 15.6. The van der Waals surface area contributed by atoms with Gasteiger partial charge in [0.05, 0.1) is 5.56 Å². The Hall–Kier alpha value is -5.88. The molecule has 0 N–H and O–H groups in total. The van der Waals surface area contributed by atoms with Gasteiger partial charge in [-0.1, -0.05) is 127 Å². The maximum absolute atomic E-state index is 7.17. The van der Waals surface area contributed by atoms with Gasteiger partial charge in [0.15, 0.2) is 17.5 Å². The molecule has 0 unspecified atom stereocenters. The van der Waals surface area contributed by atoms with Crippen molar-refractivity contribution in [2.75, 3.05) is 0 Å². The molecule has 0 amide bonds. The minimum Gasteiger partial charge on any atom is -0.456 e. The molecule has 0 fully saturated rings. The predicted octanol–water partition coefficient (Wildman–Crippen LogP) is -14.6. The van der Waals surface area contributed by atoms with Crippen LogP contribution in [0.4, 0.5) is 0 Å². The molecule has 3 aromatic heterocycles. The summed E-state index contributed by atoms with van der Waals surface area (Å²) in [5.41, 5.74) is 29.7. The zero-order valence-corrected chi connectivity index (χ0v) is 40.7. The number of hydrogen-bond donors (Lipinski definition) is 0. The molecular weight excluding hydrogens is 775 g/mol. The SMILES string of the molecule is Bc1cc(-c2nc(-c3ccccc3)nc(-c3cccc(-c4c(B)c(B)c(B)c(B)c4B)c3)n2)c2oc3c(B)cc(-n4c5c(B)cc(B)c(B)c5c5c(B)c(B)cc(B)c54)c(B)c3c2c1B. The van der Waals surface area contributed by atoms with E-state index in [4.69, 9.17) is 19.4 Å². The van der Waals surface area contributed by atoms with Crippen LogP contribution in [0.25, 0.3) is 94.7 Å². The molecule has 0 spiro atoms. The van der Waals surface area contributed by atoms with Gasteiger partial charge in [0.1, 0.15) is 129 Å². The van der Waals surface area contributed by atoms with Gasteiger partial charge in [0, 0.05) is 38.6 Å². The van der Waals surface area contributed by atoms with Crippen molar-refractivity contribution in [2.45, 2.75) is 0 Å². The van der Waals surface area contributed by atoms with Crippen LogP contribution in [0.2, 0.25) is 0 Å². The van der Waals surface area contributed by atoms with Crippen LogP contribution >= 0.6 is 0 Å². The molecule has 0 saturated carbocycles. The number of aromatic nitrogens is 4. The third-order valence-corrected chi connectivity index (χ3v) is 15.2. The molecule has 0 atom stereocenters. The highest BCUT2D eigenvalue weighted by molar-refractivity contribution is 6.69. The molecule has 10 aromatic rings. The van der Waals surface area contributed by atoms with Gasteiger partial charge in [-0.3, -0.25) is 0 Å². The van der Waals surface area contributed by atoms with Crippen LogP contribution in [-0.2, 0) is 0 Å². The Bertz CT molecular complexity index is 3640. The van der Waals surface area contributed by atoms with Gasteiger partial charge in [-0.2, -0.15) is 0 Å². The zero-order valence-electron chi connectivity index (χ0n) is 40.7. The molecule has 0 aliphatic carbocycles. The molecule has 20 heteroatoms. The van der Waals surface area contributed by atoms with E-state index in [0.717, 1.165) is 55.1 Å². The largest absolute Gasteiger partial charge is 0.456 e. The van der Waals surface area contributed by atoms with Crippen LogP contribution in [-0.4, -0.2) is 137 Å². The lowest BCUT2D eigenvalue weighted by molar-refractivity contribution is 0.672. The molecule has 0 radical (unpaired) electrons. The van der Waals surface area contributed by atoms with Gasteiger partial charge in [-0.15, -0.1) is 16.4 Å². The van der Waals surface area contributed by atoms with E-state index < -0.39 is 0 Å². The molecule has 10 rings (SSSR count). The van der Waals surface area contributed by atoms with Crippen molar-refractivity contribution in [2.24, 2.45) is 0 Å². The minimum atomic E-state index is 0.585. The van der Waals surface area contributed by atoms with Gasteiger partial charge in [0.2, 0.25) is 0 Å². The Morgan fingerprint density at radius 2 is 0.831 bits per heavy atom. The smallest absolute Gasteiger partial charge is 0.167 e. The maximum atomic E-state index is 7.17. The Balaban J connectivity index is 1.25. The van der Waals surface area contributed by atoms with Gasteiger partial charge in [-0.25, -0.2) is 15.0 Å². The molecule has 0 bridgehead atoms. The minimum absolute atomic E-state index is 0.585. The van der Waals surface area contributed by atoms with E-state index in [9.17, 15) is 0 Å². The number of hydrogen-bond acceptors (Lipinski definition) is 4. The summed E-state index contributed by atoms with van der Waals surface area (Å²) in [6, 6.07) is 28.2. The summed E-state index contributed by atoms with van der Waals surface area (Å²) >= 11 is 0. The van der Waals surface area contributed by atoms with E-state index in [1.807, 2.05) is 18.2 Å². The summed E-state index contributed by atoms with van der Waals surface area (Å²) in [5.74, 6) is 1.83. The number of nitrogens with zero attached hydrogens (tertiary/aromatic N) is 4. The third-order valence-electron chi connectivity index (χ3n) is 15.2. The highest BCUT2D eigenvalue weighted by Gasteiger charge is 2.27. The van der Waals surface area contributed by atoms with E-state index >= 15 is 0 Å². The topological polar surface area (TPSA) is 56.7 Å². The molecule has 5 nitrogen and oxygen atoms in total. The van der Waals surface area contributed by atoms with E-state index in [2.05, 4.69) is 183 Å². The molecule has 294 valence electrons. The molecule has 3 heterocycles. The second-order valence-electron chi connectivity index (χ2n) is 19.0. The summed E-state index contributed by atoms with van der Waals surface area (Å²) in [7, 11) is 33.7.